The third kappa shape index (κ3) is 4.31. The molecule has 7 nitrogen and oxygen atoms in total. The number of ether oxygens (including phenoxy) is 2. The van der Waals surface area contributed by atoms with Gasteiger partial charge in [-0.1, -0.05) is 35.9 Å². The Labute approximate surface area is 216 Å². The Bertz CT molecular complexity index is 1590. The van der Waals surface area contributed by atoms with Gasteiger partial charge in [-0.05, 0) is 75.1 Å². The molecular formula is C30H31N3O4. The lowest BCUT2D eigenvalue weighted by atomic mass is 10.0. The average Bonchev–Trinajstić information content (AvgIpc) is 3.11. The summed E-state index contributed by atoms with van der Waals surface area (Å²) in [6, 6.07) is 15.5. The van der Waals surface area contributed by atoms with Crippen LogP contribution in [0.5, 0.6) is 17.4 Å². The highest BCUT2D eigenvalue weighted by molar-refractivity contribution is 5.92. The van der Waals surface area contributed by atoms with Gasteiger partial charge in [0.1, 0.15) is 6.54 Å². The molecule has 7 heteroatoms. The highest BCUT2D eigenvalue weighted by Crippen LogP contribution is 2.42. The number of nitrogens with one attached hydrogen (secondary N) is 1. The summed E-state index contributed by atoms with van der Waals surface area (Å²) >= 11 is 0. The number of aryl methyl sites for hydroxylation is 5. The standard InChI is InChI=1S/C30H31N3O4/c1-17-12-20(4)27(21(5)13-17)31-26(34)16-32-30-24(15-22-8-7-9-25(36-6)28(22)37-30)29(35)33(32)23-11-10-18(2)19(3)14-23/h7-14H,15-16H2,1-6H3,(H,31,34). The van der Waals surface area contributed by atoms with Crippen LogP contribution in [0.3, 0.4) is 0 Å². The van der Waals surface area contributed by atoms with E-state index in [-0.39, 0.29) is 18.0 Å². The Morgan fingerprint density at radius 3 is 2.38 bits per heavy atom. The van der Waals surface area contributed by atoms with Gasteiger partial charge in [-0.15, -0.1) is 0 Å². The summed E-state index contributed by atoms with van der Waals surface area (Å²) in [5.41, 5.74) is 7.91. The van der Waals surface area contributed by atoms with E-state index >= 15 is 0 Å². The molecule has 0 saturated carbocycles. The van der Waals surface area contributed by atoms with Gasteiger partial charge in [0.2, 0.25) is 11.8 Å². The van der Waals surface area contributed by atoms with Crippen LogP contribution in [0.25, 0.3) is 5.69 Å². The summed E-state index contributed by atoms with van der Waals surface area (Å²) in [6.07, 6.45) is 0.385. The van der Waals surface area contributed by atoms with Crippen LogP contribution in [0, 0.1) is 34.6 Å². The zero-order valence-corrected chi connectivity index (χ0v) is 22.1. The lowest BCUT2D eigenvalue weighted by Crippen LogP contribution is -2.28. The van der Waals surface area contributed by atoms with Crippen molar-refractivity contribution in [3.05, 3.63) is 97.8 Å². The highest BCUT2D eigenvalue weighted by atomic mass is 16.5. The minimum Gasteiger partial charge on any atom is -0.493 e. The van der Waals surface area contributed by atoms with Gasteiger partial charge in [0.15, 0.2) is 11.5 Å². The van der Waals surface area contributed by atoms with E-state index in [1.54, 1.807) is 16.5 Å². The molecule has 2 heterocycles. The normalized spacial score (nSPS) is 11.9. The quantitative estimate of drug-likeness (QED) is 0.347. The van der Waals surface area contributed by atoms with Gasteiger partial charge in [0.25, 0.3) is 5.56 Å². The van der Waals surface area contributed by atoms with Crippen molar-refractivity contribution < 1.29 is 14.3 Å². The molecule has 0 atom stereocenters. The summed E-state index contributed by atoms with van der Waals surface area (Å²) in [5, 5.41) is 3.06. The van der Waals surface area contributed by atoms with Gasteiger partial charge >= 0.3 is 0 Å². The predicted octanol–water partition coefficient (Wildman–Crippen LogP) is 5.52. The third-order valence-corrected chi connectivity index (χ3v) is 7.00. The van der Waals surface area contributed by atoms with Crippen LogP contribution in [-0.2, 0) is 17.8 Å². The number of anilines is 1. The number of methoxy groups -OCH3 is 1. The van der Waals surface area contributed by atoms with E-state index in [1.807, 2.05) is 83.1 Å². The monoisotopic (exact) mass is 497 g/mol. The van der Waals surface area contributed by atoms with Gasteiger partial charge in [0.05, 0.1) is 18.4 Å². The van der Waals surface area contributed by atoms with Gasteiger partial charge in [-0.3, -0.25) is 9.59 Å². The number of benzene rings is 3. The van der Waals surface area contributed by atoms with Gasteiger partial charge in [0, 0.05) is 17.7 Å². The minimum atomic E-state index is -0.250. The summed E-state index contributed by atoms with van der Waals surface area (Å²) in [4.78, 5) is 27.2. The Hall–Kier alpha value is -4.26. The summed E-state index contributed by atoms with van der Waals surface area (Å²) in [7, 11) is 1.58. The predicted molar refractivity (Wildman–Crippen MR) is 145 cm³/mol. The van der Waals surface area contributed by atoms with Crippen molar-refractivity contribution in [1.82, 2.24) is 9.36 Å². The number of carbonyl (C=O) groups excluding carboxylic acids is 1. The van der Waals surface area contributed by atoms with Gasteiger partial charge in [-0.2, -0.15) is 0 Å². The van der Waals surface area contributed by atoms with Crippen molar-refractivity contribution in [2.24, 2.45) is 0 Å². The Balaban J connectivity index is 1.62. The third-order valence-electron chi connectivity index (χ3n) is 7.00. The minimum absolute atomic E-state index is 0.102. The first kappa shape index (κ1) is 24.4. The molecule has 0 aliphatic carbocycles. The molecule has 3 aromatic carbocycles. The zero-order valence-electron chi connectivity index (χ0n) is 22.1. The lowest BCUT2D eigenvalue weighted by Gasteiger charge is -2.21. The summed E-state index contributed by atoms with van der Waals surface area (Å²) < 4.78 is 15.0. The topological polar surface area (TPSA) is 74.5 Å². The van der Waals surface area contributed by atoms with Crippen LogP contribution >= 0.6 is 0 Å². The van der Waals surface area contributed by atoms with Crippen LogP contribution in [0.1, 0.15) is 38.9 Å². The fourth-order valence-electron chi connectivity index (χ4n) is 5.05. The Kier molecular flexibility index (Phi) is 6.15. The van der Waals surface area contributed by atoms with E-state index in [2.05, 4.69) is 5.32 Å². The lowest BCUT2D eigenvalue weighted by molar-refractivity contribution is -0.117. The van der Waals surface area contributed by atoms with Crippen molar-refractivity contribution in [2.75, 3.05) is 12.4 Å². The van der Waals surface area contributed by atoms with E-state index in [4.69, 9.17) is 9.47 Å². The summed E-state index contributed by atoms with van der Waals surface area (Å²) in [6.45, 7) is 9.91. The van der Waals surface area contributed by atoms with E-state index in [0.29, 0.717) is 35.1 Å². The maximum atomic E-state index is 13.8. The number of amides is 1. The molecule has 0 spiro atoms. The number of nitrogens with zero attached hydrogens (tertiary/aromatic N) is 2. The van der Waals surface area contributed by atoms with Crippen molar-refractivity contribution >= 4 is 11.6 Å². The van der Waals surface area contributed by atoms with Crippen LogP contribution in [-0.4, -0.2) is 22.4 Å². The molecule has 1 aliphatic heterocycles. The summed E-state index contributed by atoms with van der Waals surface area (Å²) in [5.74, 6) is 1.25. The molecule has 4 aromatic rings. The van der Waals surface area contributed by atoms with Crippen molar-refractivity contribution in [2.45, 2.75) is 47.6 Å². The molecule has 1 N–H and O–H groups in total. The molecule has 0 saturated heterocycles. The molecule has 5 rings (SSSR count). The number of hydrogen-bond donors (Lipinski definition) is 1. The van der Waals surface area contributed by atoms with E-state index in [1.165, 1.54) is 0 Å². The number of carbonyl (C=O) groups is 1. The highest BCUT2D eigenvalue weighted by Gasteiger charge is 2.31. The molecule has 1 amide bonds. The van der Waals surface area contributed by atoms with E-state index in [0.717, 1.165) is 39.1 Å². The SMILES string of the molecule is COc1cccc2c1Oc1c(c(=O)n(-c3ccc(C)c(C)c3)n1CC(=O)Nc1c(C)cc(C)cc1C)C2. The molecule has 190 valence electrons. The van der Waals surface area contributed by atoms with E-state index < -0.39 is 0 Å². The second kappa shape index (κ2) is 9.32. The zero-order chi connectivity index (χ0) is 26.4. The molecule has 0 fully saturated rings. The van der Waals surface area contributed by atoms with Crippen LogP contribution in [0.4, 0.5) is 5.69 Å². The second-order valence-electron chi connectivity index (χ2n) is 9.78. The van der Waals surface area contributed by atoms with Crippen LogP contribution in [0.15, 0.2) is 53.3 Å². The molecular weight excluding hydrogens is 466 g/mol. The van der Waals surface area contributed by atoms with E-state index in [9.17, 15) is 9.59 Å². The average molecular weight is 498 g/mol. The molecule has 1 aromatic heterocycles. The van der Waals surface area contributed by atoms with Gasteiger partial charge < -0.3 is 14.8 Å². The molecule has 0 radical (unpaired) electrons. The van der Waals surface area contributed by atoms with Crippen molar-refractivity contribution in [3.63, 3.8) is 0 Å². The number of aromatic nitrogens is 2. The fraction of sp³-hybridized carbons (Fsp3) is 0.267. The van der Waals surface area contributed by atoms with Gasteiger partial charge in [-0.25, -0.2) is 9.36 Å². The Morgan fingerprint density at radius 1 is 0.973 bits per heavy atom. The second-order valence-corrected chi connectivity index (χ2v) is 9.78. The fourth-order valence-corrected chi connectivity index (χ4v) is 5.05. The largest absolute Gasteiger partial charge is 0.493 e. The van der Waals surface area contributed by atoms with Crippen LogP contribution < -0.4 is 20.3 Å². The molecule has 37 heavy (non-hydrogen) atoms. The number of para-hydroxylation sites is 1. The maximum absolute atomic E-state index is 13.8. The first-order chi connectivity index (χ1) is 17.7. The molecule has 0 unspecified atom stereocenters. The smallest absolute Gasteiger partial charge is 0.278 e. The maximum Gasteiger partial charge on any atom is 0.278 e. The first-order valence-electron chi connectivity index (χ1n) is 12.3. The number of hydrogen-bond acceptors (Lipinski definition) is 4. The molecule has 1 aliphatic rings. The first-order valence-corrected chi connectivity index (χ1v) is 12.3. The number of rotatable bonds is 5. The molecule has 0 bridgehead atoms. The van der Waals surface area contributed by atoms with Crippen molar-refractivity contribution in [1.29, 1.82) is 0 Å². The van der Waals surface area contributed by atoms with Crippen molar-refractivity contribution in [3.8, 4) is 23.1 Å². The Morgan fingerprint density at radius 2 is 1.70 bits per heavy atom. The van der Waals surface area contributed by atoms with Crippen LogP contribution in [0.2, 0.25) is 0 Å². The number of fused-ring (bicyclic) bond motifs is 2.